The highest BCUT2D eigenvalue weighted by atomic mass is 32.2. The van der Waals surface area contributed by atoms with E-state index in [1.165, 1.54) is 4.80 Å². The number of nitrogens with zero attached hydrogens (tertiary/aromatic N) is 3. The highest BCUT2D eigenvalue weighted by Gasteiger charge is 2.19. The first-order chi connectivity index (χ1) is 6.83. The van der Waals surface area contributed by atoms with Crippen molar-refractivity contribution in [2.45, 2.75) is 24.9 Å². The van der Waals surface area contributed by atoms with E-state index in [1.54, 1.807) is 0 Å². The molecule has 0 aliphatic heterocycles. The average Bonchev–Trinajstić information content (AvgIpc) is 2.48. The Balaban J connectivity index is 3.01. The minimum Gasteiger partial charge on any atom is -0.263 e. The molecule has 0 radical (unpaired) electrons. The Morgan fingerprint density at radius 1 is 1.67 bits per heavy atom. The standard InChI is InChI=1S/C6H10N4O2S3/c1-4(2)10-7-3-5(8-10)15(11,12)9-6(13)14/h3-4H,1-2H3,(H2,9,13,14). The quantitative estimate of drug-likeness (QED) is 0.610. The van der Waals surface area contributed by atoms with Crippen LogP contribution >= 0.6 is 24.8 Å². The molecule has 0 atom stereocenters. The number of nitrogens with one attached hydrogen (secondary N) is 1. The summed E-state index contributed by atoms with van der Waals surface area (Å²) in [4.78, 5) is 1.30. The molecule has 6 nitrogen and oxygen atoms in total. The Morgan fingerprint density at radius 3 is 2.67 bits per heavy atom. The van der Waals surface area contributed by atoms with Crippen LogP contribution in [-0.4, -0.2) is 27.7 Å². The van der Waals surface area contributed by atoms with E-state index in [4.69, 9.17) is 0 Å². The van der Waals surface area contributed by atoms with E-state index in [0.29, 0.717) is 0 Å². The Bertz CT molecular complexity index is 464. The van der Waals surface area contributed by atoms with Crippen molar-refractivity contribution < 1.29 is 8.42 Å². The zero-order chi connectivity index (χ0) is 11.6. The van der Waals surface area contributed by atoms with Crippen LogP contribution in [0.2, 0.25) is 0 Å². The molecule has 1 heterocycles. The van der Waals surface area contributed by atoms with Crippen molar-refractivity contribution in [3.05, 3.63) is 6.20 Å². The van der Waals surface area contributed by atoms with Crippen LogP contribution < -0.4 is 4.72 Å². The first-order valence-electron chi connectivity index (χ1n) is 4.00. The van der Waals surface area contributed by atoms with E-state index >= 15 is 0 Å². The maximum atomic E-state index is 11.5. The van der Waals surface area contributed by atoms with Gasteiger partial charge in [-0.3, -0.25) is 4.72 Å². The average molecular weight is 266 g/mol. The maximum Gasteiger partial charge on any atom is 0.283 e. The van der Waals surface area contributed by atoms with Gasteiger partial charge in [0, 0.05) is 0 Å². The topological polar surface area (TPSA) is 76.9 Å². The molecule has 1 aromatic heterocycles. The van der Waals surface area contributed by atoms with Gasteiger partial charge in [0.05, 0.1) is 12.2 Å². The lowest BCUT2D eigenvalue weighted by atomic mass is 10.4. The van der Waals surface area contributed by atoms with E-state index < -0.39 is 10.0 Å². The molecule has 0 aliphatic carbocycles. The van der Waals surface area contributed by atoms with Gasteiger partial charge in [-0.25, -0.2) is 0 Å². The third-order valence-corrected chi connectivity index (χ3v) is 3.15. The van der Waals surface area contributed by atoms with Gasteiger partial charge in [0.25, 0.3) is 10.0 Å². The molecular formula is C6H10N4O2S3. The van der Waals surface area contributed by atoms with Crippen LogP contribution in [0.4, 0.5) is 0 Å². The zero-order valence-electron chi connectivity index (χ0n) is 8.08. The summed E-state index contributed by atoms with van der Waals surface area (Å²) in [7, 11) is -3.73. The van der Waals surface area contributed by atoms with E-state index in [9.17, 15) is 8.42 Å². The number of hydrogen-bond acceptors (Lipinski definition) is 5. The molecule has 1 aromatic rings. The lowest BCUT2D eigenvalue weighted by Gasteiger charge is -2.02. The molecule has 0 aliphatic rings. The van der Waals surface area contributed by atoms with Crippen LogP contribution in [0.25, 0.3) is 0 Å². The van der Waals surface area contributed by atoms with E-state index in [0.717, 1.165) is 6.20 Å². The molecule has 0 amide bonds. The van der Waals surface area contributed by atoms with Crippen LogP contribution in [0.5, 0.6) is 0 Å². The molecule has 0 unspecified atom stereocenters. The number of aromatic nitrogens is 3. The van der Waals surface area contributed by atoms with Crippen molar-refractivity contribution in [2.75, 3.05) is 0 Å². The lowest BCUT2D eigenvalue weighted by molar-refractivity contribution is 0.457. The normalized spacial score (nSPS) is 11.7. The van der Waals surface area contributed by atoms with Gasteiger partial charge >= 0.3 is 0 Å². The molecular weight excluding hydrogens is 256 g/mol. The number of thiocarbonyl (C=S) groups is 1. The molecule has 0 aromatic carbocycles. The molecule has 9 heteroatoms. The summed E-state index contributed by atoms with van der Waals surface area (Å²) in [5.74, 6) is 0. The summed E-state index contributed by atoms with van der Waals surface area (Å²) < 4.78 is 24.9. The van der Waals surface area contributed by atoms with Crippen molar-refractivity contribution in [1.29, 1.82) is 0 Å². The van der Waals surface area contributed by atoms with Crippen LogP contribution in [0.3, 0.4) is 0 Å². The highest BCUT2D eigenvalue weighted by Crippen LogP contribution is 2.06. The highest BCUT2D eigenvalue weighted by molar-refractivity contribution is 8.12. The van der Waals surface area contributed by atoms with Gasteiger partial charge in [-0.2, -0.15) is 18.3 Å². The minimum absolute atomic E-state index is 0.00287. The van der Waals surface area contributed by atoms with Gasteiger partial charge < -0.3 is 0 Å². The van der Waals surface area contributed by atoms with Gasteiger partial charge in [-0.05, 0) is 13.8 Å². The molecule has 0 saturated heterocycles. The fourth-order valence-corrected chi connectivity index (χ4v) is 2.20. The predicted octanol–water partition coefficient (Wildman–Crippen LogP) is 0.352. The summed E-state index contributed by atoms with van der Waals surface area (Å²) in [5.41, 5.74) is 0. The van der Waals surface area contributed by atoms with E-state index in [2.05, 4.69) is 35.0 Å². The van der Waals surface area contributed by atoms with Gasteiger partial charge in [0.15, 0.2) is 0 Å². The van der Waals surface area contributed by atoms with Gasteiger partial charge in [-0.1, -0.05) is 12.2 Å². The van der Waals surface area contributed by atoms with Gasteiger partial charge in [-0.15, -0.1) is 17.7 Å². The number of sulfonamides is 1. The fraction of sp³-hybridized carbons (Fsp3) is 0.500. The monoisotopic (exact) mass is 266 g/mol. The Labute approximate surface area is 98.5 Å². The molecule has 1 N–H and O–H groups in total. The van der Waals surface area contributed by atoms with Crippen LogP contribution in [0.1, 0.15) is 19.9 Å². The summed E-state index contributed by atoms with van der Waals surface area (Å²) in [6.07, 6.45) is 1.16. The van der Waals surface area contributed by atoms with Crippen molar-refractivity contribution in [1.82, 2.24) is 19.7 Å². The second kappa shape index (κ2) is 4.45. The third-order valence-electron chi connectivity index (χ3n) is 1.45. The van der Waals surface area contributed by atoms with Crippen molar-refractivity contribution in [3.8, 4) is 0 Å². The Hall–Kier alpha value is -0.670. The second-order valence-electron chi connectivity index (χ2n) is 3.01. The zero-order valence-corrected chi connectivity index (χ0v) is 10.6. The van der Waals surface area contributed by atoms with Crippen LogP contribution in [-0.2, 0) is 10.0 Å². The van der Waals surface area contributed by atoms with E-state index in [1.807, 2.05) is 18.6 Å². The summed E-state index contributed by atoms with van der Waals surface area (Å²) >= 11 is 8.20. The fourth-order valence-electron chi connectivity index (χ4n) is 0.800. The van der Waals surface area contributed by atoms with Crippen LogP contribution in [0, 0.1) is 0 Å². The first-order valence-corrected chi connectivity index (χ1v) is 6.34. The lowest BCUT2D eigenvalue weighted by Crippen LogP contribution is -2.26. The number of rotatable bonds is 3. The molecule has 0 saturated carbocycles. The Morgan fingerprint density at radius 2 is 2.27 bits per heavy atom. The smallest absolute Gasteiger partial charge is 0.263 e. The molecule has 0 fully saturated rings. The van der Waals surface area contributed by atoms with Crippen molar-refractivity contribution in [3.63, 3.8) is 0 Å². The van der Waals surface area contributed by atoms with Crippen molar-refractivity contribution in [2.24, 2.45) is 0 Å². The molecule has 0 bridgehead atoms. The summed E-state index contributed by atoms with van der Waals surface area (Å²) in [5, 5.41) is 7.43. The molecule has 15 heavy (non-hydrogen) atoms. The second-order valence-corrected chi connectivity index (χ2v) is 5.79. The SMILES string of the molecule is CC(C)n1ncc(S(=O)(=O)NC(=S)S)n1. The van der Waals surface area contributed by atoms with Crippen LogP contribution in [0.15, 0.2) is 11.2 Å². The van der Waals surface area contributed by atoms with E-state index in [-0.39, 0.29) is 15.4 Å². The minimum atomic E-state index is -3.73. The number of hydrogen-bond donors (Lipinski definition) is 2. The largest absolute Gasteiger partial charge is 0.283 e. The molecule has 0 spiro atoms. The summed E-state index contributed by atoms with van der Waals surface area (Å²) in [6, 6.07) is -0.00287. The Kier molecular flexibility index (Phi) is 3.68. The maximum absolute atomic E-state index is 11.5. The van der Waals surface area contributed by atoms with Crippen molar-refractivity contribution >= 4 is 39.2 Å². The molecule has 1 rings (SSSR count). The third kappa shape index (κ3) is 3.14. The number of thiol groups is 1. The van der Waals surface area contributed by atoms with Gasteiger partial charge in [0.2, 0.25) is 5.03 Å². The summed E-state index contributed by atoms with van der Waals surface area (Å²) in [6.45, 7) is 3.68. The van der Waals surface area contributed by atoms with Gasteiger partial charge in [0.1, 0.15) is 4.32 Å². The molecule has 84 valence electrons. The predicted molar refractivity (Wildman–Crippen MR) is 62.3 cm³/mol. The first kappa shape index (κ1) is 12.4.